The highest BCUT2D eigenvalue weighted by molar-refractivity contribution is 7.98. The fourth-order valence-electron chi connectivity index (χ4n) is 2.95. The Morgan fingerprint density at radius 3 is 2.78 bits per heavy atom. The lowest BCUT2D eigenvalue weighted by Gasteiger charge is -2.15. The van der Waals surface area contributed by atoms with Gasteiger partial charge in [0.2, 0.25) is 0 Å². The van der Waals surface area contributed by atoms with Gasteiger partial charge in [0.05, 0.1) is 5.69 Å². The molecule has 1 N–H and O–H groups in total. The second kappa shape index (κ2) is 6.66. The summed E-state index contributed by atoms with van der Waals surface area (Å²) >= 11 is 1.81. The van der Waals surface area contributed by atoms with Crippen LogP contribution in [-0.4, -0.2) is 45.7 Å². The number of nitrogens with zero attached hydrogens (tertiary/aromatic N) is 2. The number of benzene rings is 1. The first kappa shape index (κ1) is 15.9. The highest BCUT2D eigenvalue weighted by atomic mass is 32.2. The lowest BCUT2D eigenvalue weighted by atomic mass is 10.2. The third-order valence-electron chi connectivity index (χ3n) is 4.22. The van der Waals surface area contributed by atoms with Crippen molar-refractivity contribution in [1.82, 2.24) is 14.7 Å². The van der Waals surface area contributed by atoms with Gasteiger partial charge in [-0.25, -0.2) is 4.68 Å². The fraction of sp³-hybridized carbons (Fsp3) is 0.412. The number of aromatic nitrogens is 2. The molecule has 5 nitrogen and oxygen atoms in total. The molecule has 1 aromatic heterocycles. The molecule has 0 unspecified atom stereocenters. The van der Waals surface area contributed by atoms with Crippen molar-refractivity contribution in [3.05, 3.63) is 51.9 Å². The zero-order chi connectivity index (χ0) is 16.4. The smallest absolute Gasteiger partial charge is 0.271 e. The standard InChI is InChI=1S/C17H21N3O2S/c1-12-3-5-14(6-4-12)20-16(21)9-15(18-20)17(22)19-8-7-13(10-19)11-23-2/h3-6,9,13,18H,7-8,10-11H2,1-2H3/t13-/m1/s1. The lowest BCUT2D eigenvalue weighted by molar-refractivity contribution is 0.0782. The Morgan fingerprint density at radius 2 is 2.09 bits per heavy atom. The summed E-state index contributed by atoms with van der Waals surface area (Å²) < 4.78 is 1.42. The van der Waals surface area contributed by atoms with E-state index in [2.05, 4.69) is 11.4 Å². The number of aromatic amines is 1. The van der Waals surface area contributed by atoms with E-state index < -0.39 is 0 Å². The van der Waals surface area contributed by atoms with Crippen LogP contribution in [0.25, 0.3) is 5.69 Å². The van der Waals surface area contributed by atoms with Gasteiger partial charge in [-0.3, -0.25) is 14.7 Å². The number of amides is 1. The summed E-state index contributed by atoms with van der Waals surface area (Å²) in [4.78, 5) is 26.6. The molecule has 1 saturated heterocycles. The summed E-state index contributed by atoms with van der Waals surface area (Å²) in [5, 5.41) is 2.95. The zero-order valence-corrected chi connectivity index (χ0v) is 14.2. The second-order valence-electron chi connectivity index (χ2n) is 6.04. The Balaban J connectivity index is 1.79. The number of aryl methyl sites for hydroxylation is 1. The van der Waals surface area contributed by atoms with E-state index in [1.54, 1.807) is 0 Å². The molecule has 0 spiro atoms. The summed E-state index contributed by atoms with van der Waals surface area (Å²) in [6.07, 6.45) is 3.12. The number of likely N-dealkylation sites (tertiary alicyclic amines) is 1. The molecule has 2 heterocycles. The molecule has 0 saturated carbocycles. The van der Waals surface area contributed by atoms with Crippen LogP contribution >= 0.6 is 11.8 Å². The first-order valence-corrected chi connectivity index (χ1v) is 9.15. The van der Waals surface area contributed by atoms with E-state index in [1.165, 1.54) is 10.7 Å². The van der Waals surface area contributed by atoms with Crippen molar-refractivity contribution in [2.45, 2.75) is 13.3 Å². The molecule has 2 aromatic rings. The summed E-state index contributed by atoms with van der Waals surface area (Å²) in [5.74, 6) is 1.54. The zero-order valence-electron chi connectivity index (χ0n) is 13.4. The van der Waals surface area contributed by atoms with E-state index in [1.807, 2.05) is 47.9 Å². The Kier molecular flexibility index (Phi) is 4.61. The molecule has 1 fully saturated rings. The van der Waals surface area contributed by atoms with Crippen molar-refractivity contribution in [2.24, 2.45) is 5.92 Å². The molecule has 1 amide bonds. The van der Waals surface area contributed by atoms with Gasteiger partial charge < -0.3 is 4.90 Å². The minimum Gasteiger partial charge on any atom is -0.337 e. The van der Waals surface area contributed by atoms with Crippen molar-refractivity contribution in [3.8, 4) is 5.69 Å². The second-order valence-corrected chi connectivity index (χ2v) is 6.95. The molecule has 0 aliphatic carbocycles. The van der Waals surface area contributed by atoms with Crippen LogP contribution in [0.3, 0.4) is 0 Å². The summed E-state index contributed by atoms with van der Waals surface area (Å²) in [6, 6.07) is 9.01. The number of carbonyl (C=O) groups excluding carboxylic acids is 1. The summed E-state index contributed by atoms with van der Waals surface area (Å²) in [7, 11) is 0. The number of rotatable bonds is 4. The topological polar surface area (TPSA) is 58.1 Å². The number of carbonyl (C=O) groups is 1. The van der Waals surface area contributed by atoms with E-state index in [0.29, 0.717) is 11.6 Å². The highest BCUT2D eigenvalue weighted by Gasteiger charge is 2.27. The van der Waals surface area contributed by atoms with Crippen molar-refractivity contribution in [1.29, 1.82) is 0 Å². The molecule has 23 heavy (non-hydrogen) atoms. The molecular formula is C17H21N3O2S. The molecule has 1 aliphatic rings. The monoisotopic (exact) mass is 331 g/mol. The predicted molar refractivity (Wildman–Crippen MR) is 93.5 cm³/mol. The van der Waals surface area contributed by atoms with Gasteiger partial charge in [0.15, 0.2) is 0 Å². The van der Waals surface area contributed by atoms with E-state index in [4.69, 9.17) is 0 Å². The van der Waals surface area contributed by atoms with Gasteiger partial charge in [-0.2, -0.15) is 11.8 Å². The molecule has 1 aromatic carbocycles. The maximum absolute atomic E-state index is 12.6. The van der Waals surface area contributed by atoms with Crippen molar-refractivity contribution >= 4 is 17.7 Å². The molecule has 1 aliphatic heterocycles. The van der Waals surface area contributed by atoms with Crippen LogP contribution in [0.4, 0.5) is 0 Å². The predicted octanol–water partition coefficient (Wildman–Crippen LogP) is 2.30. The van der Waals surface area contributed by atoms with E-state index in [-0.39, 0.29) is 11.5 Å². The highest BCUT2D eigenvalue weighted by Crippen LogP contribution is 2.21. The number of nitrogens with one attached hydrogen (secondary N) is 1. The Labute approximate surface area is 139 Å². The minimum atomic E-state index is -0.211. The lowest BCUT2D eigenvalue weighted by Crippen LogP contribution is -2.29. The third kappa shape index (κ3) is 3.37. The van der Waals surface area contributed by atoms with Gasteiger partial charge in [-0.15, -0.1) is 0 Å². The quantitative estimate of drug-likeness (QED) is 0.935. The first-order chi connectivity index (χ1) is 11.1. The molecule has 6 heteroatoms. The van der Waals surface area contributed by atoms with Gasteiger partial charge in [0.1, 0.15) is 5.69 Å². The van der Waals surface area contributed by atoms with E-state index in [0.717, 1.165) is 36.5 Å². The van der Waals surface area contributed by atoms with E-state index >= 15 is 0 Å². The molecule has 1 atom stereocenters. The first-order valence-electron chi connectivity index (χ1n) is 7.76. The molecule has 3 rings (SSSR count). The largest absolute Gasteiger partial charge is 0.337 e. The van der Waals surface area contributed by atoms with Crippen molar-refractivity contribution < 1.29 is 4.79 Å². The van der Waals surface area contributed by atoms with Crippen molar-refractivity contribution in [3.63, 3.8) is 0 Å². The van der Waals surface area contributed by atoms with Gasteiger partial charge in [-0.05, 0) is 43.4 Å². The average Bonchev–Trinajstić information content (AvgIpc) is 3.15. The van der Waals surface area contributed by atoms with Gasteiger partial charge in [0, 0.05) is 19.2 Å². The maximum Gasteiger partial charge on any atom is 0.271 e. The number of thioether (sulfide) groups is 1. The fourth-order valence-corrected chi connectivity index (χ4v) is 3.69. The van der Waals surface area contributed by atoms with E-state index in [9.17, 15) is 9.59 Å². The number of hydrogen-bond donors (Lipinski definition) is 1. The average molecular weight is 331 g/mol. The molecular weight excluding hydrogens is 310 g/mol. The van der Waals surface area contributed by atoms with Crippen LogP contribution < -0.4 is 5.56 Å². The van der Waals surface area contributed by atoms with Crippen molar-refractivity contribution in [2.75, 3.05) is 25.1 Å². The van der Waals surface area contributed by atoms with Crippen LogP contribution in [0.2, 0.25) is 0 Å². The Bertz CT molecular complexity index is 748. The number of H-pyrrole nitrogens is 1. The van der Waals surface area contributed by atoms with Crippen LogP contribution in [-0.2, 0) is 0 Å². The molecule has 122 valence electrons. The Morgan fingerprint density at radius 1 is 1.35 bits per heavy atom. The van der Waals surface area contributed by atoms with Crippen LogP contribution in [0.5, 0.6) is 0 Å². The molecule has 0 bridgehead atoms. The Hall–Kier alpha value is -1.95. The SMILES string of the molecule is CSC[C@@H]1CCN(C(=O)c2cc(=O)n(-c3ccc(C)cc3)[nH]2)C1. The van der Waals surface area contributed by atoms with Crippen LogP contribution in [0.1, 0.15) is 22.5 Å². The number of hydrogen-bond acceptors (Lipinski definition) is 3. The van der Waals surface area contributed by atoms with Gasteiger partial charge in [0.25, 0.3) is 11.5 Å². The van der Waals surface area contributed by atoms with Gasteiger partial charge >= 0.3 is 0 Å². The summed E-state index contributed by atoms with van der Waals surface area (Å²) in [6.45, 7) is 3.54. The van der Waals surface area contributed by atoms with Crippen LogP contribution in [0.15, 0.2) is 35.1 Å². The maximum atomic E-state index is 12.6. The normalized spacial score (nSPS) is 17.7. The van der Waals surface area contributed by atoms with Gasteiger partial charge in [-0.1, -0.05) is 17.7 Å². The molecule has 0 radical (unpaired) electrons. The third-order valence-corrected chi connectivity index (χ3v) is 5.02. The van der Waals surface area contributed by atoms with Crippen LogP contribution in [0, 0.1) is 12.8 Å². The summed E-state index contributed by atoms with van der Waals surface area (Å²) in [5.41, 5.74) is 2.01. The minimum absolute atomic E-state index is 0.0865.